The minimum atomic E-state index is -4.38. The number of nitrogens with one attached hydrogen (secondary N) is 1. The Kier molecular flexibility index (Phi) is 4.87. The normalized spacial score (nSPS) is 13.1. The van der Waals surface area contributed by atoms with Crippen molar-refractivity contribution in [1.82, 2.24) is 10.3 Å². The van der Waals surface area contributed by atoms with Crippen LogP contribution in [0.3, 0.4) is 0 Å². The van der Waals surface area contributed by atoms with E-state index >= 15 is 0 Å². The maximum absolute atomic E-state index is 11.9. The van der Waals surface area contributed by atoms with Crippen molar-refractivity contribution in [3.05, 3.63) is 16.1 Å². The molecule has 0 aromatic carbocycles. The first kappa shape index (κ1) is 15.4. The Morgan fingerprint density at radius 2 is 2.16 bits per heavy atom. The largest absolute Gasteiger partial charge is 0.476 e. The molecule has 0 bridgehead atoms. The number of rotatable bonds is 5. The van der Waals surface area contributed by atoms with Crippen molar-refractivity contribution in [1.29, 1.82) is 0 Å². The van der Waals surface area contributed by atoms with Gasteiger partial charge in [-0.1, -0.05) is 0 Å². The van der Waals surface area contributed by atoms with Gasteiger partial charge in [0.25, 0.3) is 0 Å². The van der Waals surface area contributed by atoms with E-state index in [1.54, 1.807) is 0 Å². The molecular formula is C10H11F3N2O3S. The third-order valence-electron chi connectivity index (χ3n) is 2.12. The first-order valence-electron chi connectivity index (χ1n) is 5.24. The zero-order chi connectivity index (χ0) is 14.6. The number of alkyl halides is 3. The number of hydrogen-bond acceptors (Lipinski definition) is 4. The van der Waals surface area contributed by atoms with E-state index in [2.05, 4.69) is 10.3 Å². The first-order chi connectivity index (χ1) is 8.69. The number of aromatic carboxylic acids is 1. The lowest BCUT2D eigenvalue weighted by atomic mass is 10.2. The second-order valence-corrected chi connectivity index (χ2v) is 4.67. The van der Waals surface area contributed by atoms with Gasteiger partial charge in [-0.2, -0.15) is 13.2 Å². The predicted octanol–water partition coefficient (Wildman–Crippen LogP) is 2.36. The Hall–Kier alpha value is -1.64. The van der Waals surface area contributed by atoms with Crippen LogP contribution in [0.1, 0.15) is 41.3 Å². The maximum atomic E-state index is 11.9. The monoisotopic (exact) mass is 296 g/mol. The fraction of sp³-hybridized carbons (Fsp3) is 0.500. The molecule has 9 heteroatoms. The van der Waals surface area contributed by atoms with Crippen LogP contribution >= 0.6 is 11.3 Å². The standard InChI is InChI=1S/C10H11F3N2O3S/c1-5(8-15-6(4-19-8)9(17)18)14-7(16)2-3-10(11,12)13/h4-5H,2-3H2,1H3,(H,14,16)(H,17,18). The van der Waals surface area contributed by atoms with E-state index in [-0.39, 0.29) is 5.69 Å². The first-order valence-corrected chi connectivity index (χ1v) is 6.12. The minimum absolute atomic E-state index is 0.156. The van der Waals surface area contributed by atoms with E-state index in [1.165, 1.54) is 12.3 Å². The number of carboxylic acid groups (broad SMARTS) is 1. The highest BCUT2D eigenvalue weighted by atomic mass is 32.1. The van der Waals surface area contributed by atoms with Gasteiger partial charge in [0.1, 0.15) is 5.01 Å². The molecular weight excluding hydrogens is 285 g/mol. The van der Waals surface area contributed by atoms with Crippen LogP contribution in [0, 0.1) is 0 Å². The molecule has 0 spiro atoms. The molecule has 0 fully saturated rings. The van der Waals surface area contributed by atoms with Crippen molar-refractivity contribution in [3.8, 4) is 0 Å². The lowest BCUT2D eigenvalue weighted by molar-refractivity contribution is -0.144. The van der Waals surface area contributed by atoms with Gasteiger partial charge in [0.2, 0.25) is 5.91 Å². The second-order valence-electron chi connectivity index (χ2n) is 3.78. The number of amides is 1. The second kappa shape index (κ2) is 6.00. The zero-order valence-electron chi connectivity index (χ0n) is 9.82. The highest BCUT2D eigenvalue weighted by Gasteiger charge is 2.28. The number of carbonyl (C=O) groups is 2. The van der Waals surface area contributed by atoms with Gasteiger partial charge in [-0.05, 0) is 6.92 Å². The van der Waals surface area contributed by atoms with Crippen LogP contribution in [0.4, 0.5) is 13.2 Å². The Bertz CT molecular complexity index is 473. The molecule has 0 aliphatic heterocycles. The summed E-state index contributed by atoms with van der Waals surface area (Å²) in [6.45, 7) is 1.52. The Labute approximate surface area is 110 Å². The number of halogens is 3. The SMILES string of the molecule is CC(NC(=O)CCC(F)(F)F)c1nc(C(=O)O)cs1. The molecule has 1 amide bonds. The van der Waals surface area contributed by atoms with E-state index in [9.17, 15) is 22.8 Å². The summed E-state index contributed by atoms with van der Waals surface area (Å²) in [5.74, 6) is -1.95. The average Bonchev–Trinajstić information content (AvgIpc) is 2.74. The van der Waals surface area contributed by atoms with Crippen molar-refractivity contribution in [2.24, 2.45) is 0 Å². The molecule has 0 saturated heterocycles. The minimum Gasteiger partial charge on any atom is -0.476 e. The quantitative estimate of drug-likeness (QED) is 0.874. The number of carboxylic acids is 1. The van der Waals surface area contributed by atoms with Crippen molar-refractivity contribution in [3.63, 3.8) is 0 Å². The molecule has 0 aliphatic rings. The summed E-state index contributed by atoms with van der Waals surface area (Å²) in [6.07, 6.45) is -6.23. The molecule has 19 heavy (non-hydrogen) atoms. The molecule has 1 aromatic rings. The predicted molar refractivity (Wildman–Crippen MR) is 60.9 cm³/mol. The molecule has 2 N–H and O–H groups in total. The zero-order valence-corrected chi connectivity index (χ0v) is 10.6. The van der Waals surface area contributed by atoms with Crippen molar-refractivity contribution < 1.29 is 27.9 Å². The smallest absolute Gasteiger partial charge is 0.389 e. The van der Waals surface area contributed by atoms with E-state index in [0.717, 1.165) is 11.3 Å². The highest BCUT2D eigenvalue weighted by Crippen LogP contribution is 2.22. The number of nitrogens with zero attached hydrogens (tertiary/aromatic N) is 1. The summed E-state index contributed by atoms with van der Waals surface area (Å²) < 4.78 is 35.7. The van der Waals surface area contributed by atoms with E-state index < -0.39 is 36.9 Å². The van der Waals surface area contributed by atoms with Gasteiger partial charge in [-0.3, -0.25) is 4.79 Å². The Balaban J connectivity index is 2.51. The molecule has 5 nitrogen and oxygen atoms in total. The number of thiazole rings is 1. The fourth-order valence-corrected chi connectivity index (χ4v) is 2.02. The molecule has 1 unspecified atom stereocenters. The van der Waals surface area contributed by atoms with Gasteiger partial charge in [-0.25, -0.2) is 9.78 Å². The van der Waals surface area contributed by atoms with Crippen LogP contribution in [0.2, 0.25) is 0 Å². The van der Waals surface area contributed by atoms with Crippen LogP contribution in [-0.4, -0.2) is 28.1 Å². The Morgan fingerprint density at radius 3 is 2.63 bits per heavy atom. The molecule has 1 rings (SSSR count). The van der Waals surface area contributed by atoms with Crippen LogP contribution in [0.15, 0.2) is 5.38 Å². The average molecular weight is 296 g/mol. The van der Waals surface area contributed by atoms with Crippen LogP contribution in [0.25, 0.3) is 0 Å². The summed E-state index contributed by atoms with van der Waals surface area (Å²) in [6, 6.07) is -0.626. The molecule has 0 radical (unpaired) electrons. The summed E-state index contributed by atoms with van der Waals surface area (Å²) in [7, 11) is 0. The summed E-state index contributed by atoms with van der Waals surface area (Å²) in [5.41, 5.74) is -0.156. The van der Waals surface area contributed by atoms with Gasteiger partial charge in [0.15, 0.2) is 5.69 Å². The van der Waals surface area contributed by atoms with Gasteiger partial charge < -0.3 is 10.4 Å². The van der Waals surface area contributed by atoms with E-state index in [1.807, 2.05) is 0 Å². The molecule has 1 heterocycles. The summed E-state index contributed by atoms with van der Waals surface area (Å²) in [5, 5.41) is 12.6. The maximum Gasteiger partial charge on any atom is 0.389 e. The van der Waals surface area contributed by atoms with Crippen LogP contribution in [0.5, 0.6) is 0 Å². The summed E-state index contributed by atoms with van der Waals surface area (Å²) in [4.78, 5) is 25.6. The summed E-state index contributed by atoms with van der Waals surface area (Å²) >= 11 is 1.02. The molecule has 1 atom stereocenters. The van der Waals surface area contributed by atoms with Crippen molar-refractivity contribution >= 4 is 23.2 Å². The van der Waals surface area contributed by atoms with E-state index in [0.29, 0.717) is 5.01 Å². The third kappa shape index (κ3) is 5.25. The van der Waals surface area contributed by atoms with Crippen LogP contribution < -0.4 is 5.32 Å². The van der Waals surface area contributed by atoms with E-state index in [4.69, 9.17) is 5.11 Å². The number of aromatic nitrogens is 1. The Morgan fingerprint density at radius 1 is 1.53 bits per heavy atom. The molecule has 0 saturated carbocycles. The van der Waals surface area contributed by atoms with Gasteiger partial charge in [0.05, 0.1) is 12.5 Å². The van der Waals surface area contributed by atoms with Crippen LogP contribution in [-0.2, 0) is 4.79 Å². The van der Waals surface area contributed by atoms with Gasteiger partial charge in [-0.15, -0.1) is 11.3 Å². The number of hydrogen-bond donors (Lipinski definition) is 2. The van der Waals surface area contributed by atoms with Gasteiger partial charge >= 0.3 is 12.1 Å². The van der Waals surface area contributed by atoms with Crippen molar-refractivity contribution in [2.75, 3.05) is 0 Å². The third-order valence-corrected chi connectivity index (χ3v) is 3.15. The lowest BCUT2D eigenvalue weighted by Gasteiger charge is -2.11. The molecule has 0 aliphatic carbocycles. The van der Waals surface area contributed by atoms with Crippen molar-refractivity contribution in [2.45, 2.75) is 32.0 Å². The van der Waals surface area contributed by atoms with Gasteiger partial charge in [0, 0.05) is 11.8 Å². The fourth-order valence-electron chi connectivity index (χ4n) is 1.22. The number of carbonyl (C=O) groups excluding carboxylic acids is 1. The topological polar surface area (TPSA) is 79.3 Å². The molecule has 106 valence electrons. The highest BCUT2D eigenvalue weighted by molar-refractivity contribution is 7.09. The lowest BCUT2D eigenvalue weighted by Crippen LogP contribution is -2.27. The molecule has 1 aromatic heterocycles.